The second kappa shape index (κ2) is 9.09. The van der Waals surface area contributed by atoms with Crippen molar-refractivity contribution < 1.29 is 4.79 Å². The highest BCUT2D eigenvalue weighted by Crippen LogP contribution is 2.25. The van der Waals surface area contributed by atoms with Crippen LogP contribution in [0.25, 0.3) is 10.9 Å². The van der Waals surface area contributed by atoms with Gasteiger partial charge >= 0.3 is 5.69 Å². The molecule has 1 saturated heterocycles. The molecule has 0 saturated carbocycles. The zero-order chi connectivity index (χ0) is 22.0. The van der Waals surface area contributed by atoms with Crippen molar-refractivity contribution in [2.24, 2.45) is 5.92 Å². The summed E-state index contributed by atoms with van der Waals surface area (Å²) in [5, 5.41) is 3.42. The summed E-state index contributed by atoms with van der Waals surface area (Å²) in [5.74, 6) is 0.121. The minimum absolute atomic E-state index is 0.109. The summed E-state index contributed by atoms with van der Waals surface area (Å²) in [4.78, 5) is 40.3. The van der Waals surface area contributed by atoms with E-state index in [-0.39, 0.29) is 24.6 Å². The highest BCUT2D eigenvalue weighted by molar-refractivity contribution is 9.10. The molecule has 1 amide bonds. The zero-order valence-corrected chi connectivity index (χ0v) is 19.0. The lowest BCUT2D eigenvalue weighted by molar-refractivity contribution is -0.121. The third-order valence-corrected chi connectivity index (χ3v) is 6.29. The Morgan fingerprint density at radius 2 is 1.94 bits per heavy atom. The first-order valence-electron chi connectivity index (χ1n) is 10.5. The lowest BCUT2D eigenvalue weighted by Gasteiger charge is -2.19. The maximum absolute atomic E-state index is 12.8. The summed E-state index contributed by atoms with van der Waals surface area (Å²) in [7, 11) is 0. The fourth-order valence-electron chi connectivity index (χ4n) is 4.17. The third kappa shape index (κ3) is 4.44. The predicted molar refractivity (Wildman–Crippen MR) is 126 cm³/mol. The van der Waals surface area contributed by atoms with Gasteiger partial charge in [0.1, 0.15) is 6.54 Å². The summed E-state index contributed by atoms with van der Waals surface area (Å²) in [5.41, 5.74) is 0.878. The summed E-state index contributed by atoms with van der Waals surface area (Å²) >= 11 is 3.51. The number of halogens is 1. The number of carbonyl (C=O) groups is 1. The highest BCUT2D eigenvalue weighted by atomic mass is 79.9. The number of para-hydroxylation sites is 1. The predicted octanol–water partition coefficient (Wildman–Crippen LogP) is 2.59. The first-order valence-corrected chi connectivity index (χ1v) is 11.3. The number of fused-ring (bicyclic) bond motifs is 1. The number of carbonyl (C=O) groups excluding carboxylic acids is 1. The fourth-order valence-corrected chi connectivity index (χ4v) is 4.55. The molecule has 1 aliphatic rings. The van der Waals surface area contributed by atoms with Gasteiger partial charge in [0.05, 0.1) is 10.9 Å². The van der Waals surface area contributed by atoms with E-state index in [0.29, 0.717) is 23.4 Å². The van der Waals surface area contributed by atoms with E-state index in [1.54, 1.807) is 31.2 Å². The Morgan fingerprint density at radius 1 is 1.13 bits per heavy atom. The quantitative estimate of drug-likeness (QED) is 0.583. The Labute approximate surface area is 188 Å². The summed E-state index contributed by atoms with van der Waals surface area (Å²) in [6.07, 6.45) is 0.996. The molecule has 3 aromatic rings. The van der Waals surface area contributed by atoms with E-state index in [2.05, 4.69) is 38.3 Å². The highest BCUT2D eigenvalue weighted by Gasteiger charge is 2.23. The van der Waals surface area contributed by atoms with E-state index in [1.807, 2.05) is 12.1 Å². The van der Waals surface area contributed by atoms with Crippen molar-refractivity contribution in [3.8, 4) is 0 Å². The van der Waals surface area contributed by atoms with Gasteiger partial charge in [-0.2, -0.15) is 0 Å². The van der Waals surface area contributed by atoms with E-state index in [1.165, 1.54) is 14.8 Å². The lowest BCUT2D eigenvalue weighted by atomic mass is 10.1. The first kappa shape index (κ1) is 21.4. The molecular formula is C23H25BrN4O3. The number of hydrogen-bond donors (Lipinski definition) is 1. The second-order valence-corrected chi connectivity index (χ2v) is 8.74. The molecule has 4 rings (SSSR count). The van der Waals surface area contributed by atoms with Gasteiger partial charge in [-0.1, -0.05) is 34.1 Å². The van der Waals surface area contributed by atoms with Crippen LogP contribution in [0.15, 0.2) is 62.6 Å². The van der Waals surface area contributed by atoms with Gasteiger partial charge < -0.3 is 10.2 Å². The molecule has 8 heteroatoms. The molecule has 1 unspecified atom stereocenters. The molecular weight excluding hydrogens is 460 g/mol. The van der Waals surface area contributed by atoms with Crippen LogP contribution in [-0.2, 0) is 17.9 Å². The Kier molecular flexibility index (Phi) is 6.27. The van der Waals surface area contributed by atoms with Gasteiger partial charge in [0.25, 0.3) is 5.56 Å². The van der Waals surface area contributed by atoms with Crippen molar-refractivity contribution in [3.05, 3.63) is 73.8 Å². The van der Waals surface area contributed by atoms with Crippen molar-refractivity contribution in [2.45, 2.75) is 26.4 Å². The minimum atomic E-state index is -0.456. The van der Waals surface area contributed by atoms with Crippen molar-refractivity contribution in [1.82, 2.24) is 14.5 Å². The lowest BCUT2D eigenvalue weighted by Crippen LogP contribution is -2.43. The number of rotatable bonds is 6. The van der Waals surface area contributed by atoms with Crippen LogP contribution in [0.3, 0.4) is 0 Å². The van der Waals surface area contributed by atoms with Crippen LogP contribution in [0.5, 0.6) is 0 Å². The number of nitrogens with zero attached hydrogens (tertiary/aromatic N) is 3. The molecule has 31 heavy (non-hydrogen) atoms. The first-order chi connectivity index (χ1) is 15.0. The van der Waals surface area contributed by atoms with Crippen molar-refractivity contribution in [1.29, 1.82) is 0 Å². The average Bonchev–Trinajstić information content (AvgIpc) is 3.25. The summed E-state index contributed by atoms with van der Waals surface area (Å²) in [6, 6.07) is 15.1. The number of hydrogen-bond acceptors (Lipinski definition) is 4. The van der Waals surface area contributed by atoms with Gasteiger partial charge in [-0.25, -0.2) is 4.79 Å². The molecule has 1 fully saturated rings. The molecule has 162 valence electrons. The third-order valence-electron chi connectivity index (χ3n) is 5.80. The number of aromatic nitrogens is 2. The van der Waals surface area contributed by atoms with Crippen molar-refractivity contribution in [3.63, 3.8) is 0 Å². The maximum Gasteiger partial charge on any atom is 0.331 e. The number of amides is 1. The number of benzene rings is 2. The molecule has 0 bridgehead atoms. The average molecular weight is 485 g/mol. The van der Waals surface area contributed by atoms with Crippen LogP contribution in [-0.4, -0.2) is 34.7 Å². The van der Waals surface area contributed by atoms with Gasteiger partial charge in [-0.15, -0.1) is 0 Å². The van der Waals surface area contributed by atoms with Gasteiger partial charge in [-0.3, -0.25) is 18.7 Å². The molecule has 0 spiro atoms. The standard InChI is InChI=1S/C23H25BrN4O3/c1-2-27-22(30)19-8-3-4-9-20(19)28(23(27)31)15-21(29)25-13-16-10-11-26(14-16)18-7-5-6-17(24)12-18/h3-9,12,16H,2,10-11,13-15H2,1H3,(H,25,29). The molecule has 1 aliphatic heterocycles. The number of anilines is 1. The van der Waals surface area contributed by atoms with E-state index < -0.39 is 5.69 Å². The van der Waals surface area contributed by atoms with Crippen LogP contribution in [0.4, 0.5) is 5.69 Å². The van der Waals surface area contributed by atoms with Crippen LogP contribution in [0, 0.1) is 5.92 Å². The minimum Gasteiger partial charge on any atom is -0.371 e. The molecule has 2 aromatic carbocycles. The zero-order valence-electron chi connectivity index (χ0n) is 17.4. The van der Waals surface area contributed by atoms with Crippen LogP contribution in [0.1, 0.15) is 13.3 Å². The smallest absolute Gasteiger partial charge is 0.331 e. The normalized spacial score (nSPS) is 16.1. The largest absolute Gasteiger partial charge is 0.371 e. The molecule has 0 radical (unpaired) electrons. The number of nitrogens with one attached hydrogen (secondary N) is 1. The topological polar surface area (TPSA) is 76.3 Å². The molecule has 7 nitrogen and oxygen atoms in total. The van der Waals surface area contributed by atoms with Crippen LogP contribution in [0.2, 0.25) is 0 Å². The van der Waals surface area contributed by atoms with E-state index in [0.717, 1.165) is 24.0 Å². The van der Waals surface area contributed by atoms with E-state index >= 15 is 0 Å². The SMILES string of the molecule is CCn1c(=O)c2ccccc2n(CC(=O)NCC2CCN(c3cccc(Br)c3)C2)c1=O. The summed E-state index contributed by atoms with van der Waals surface area (Å²) < 4.78 is 3.60. The Morgan fingerprint density at radius 3 is 2.71 bits per heavy atom. The molecule has 1 N–H and O–H groups in total. The van der Waals surface area contributed by atoms with Gasteiger partial charge in [0.15, 0.2) is 0 Å². The molecule has 1 aromatic heterocycles. The monoisotopic (exact) mass is 484 g/mol. The summed E-state index contributed by atoms with van der Waals surface area (Å²) in [6.45, 7) is 4.28. The van der Waals surface area contributed by atoms with Crippen molar-refractivity contribution >= 4 is 38.4 Å². The van der Waals surface area contributed by atoms with Crippen LogP contribution < -0.4 is 21.5 Å². The van der Waals surface area contributed by atoms with Gasteiger partial charge in [-0.05, 0) is 49.6 Å². The van der Waals surface area contributed by atoms with E-state index in [9.17, 15) is 14.4 Å². The molecule has 0 aliphatic carbocycles. The van der Waals surface area contributed by atoms with Gasteiger partial charge in [0.2, 0.25) is 5.91 Å². The van der Waals surface area contributed by atoms with Crippen molar-refractivity contribution in [2.75, 3.05) is 24.5 Å². The van der Waals surface area contributed by atoms with Crippen LogP contribution >= 0.6 is 15.9 Å². The Balaban J connectivity index is 1.44. The Hall–Kier alpha value is -2.87. The fraction of sp³-hybridized carbons (Fsp3) is 0.348. The molecule has 2 heterocycles. The maximum atomic E-state index is 12.8. The second-order valence-electron chi connectivity index (χ2n) is 7.82. The van der Waals surface area contributed by atoms with E-state index in [4.69, 9.17) is 0 Å². The molecule has 1 atom stereocenters. The van der Waals surface area contributed by atoms with Gasteiger partial charge in [0, 0.05) is 36.3 Å². The Bertz CT molecular complexity index is 1230.